The molecule has 0 heterocycles. The van der Waals surface area contributed by atoms with Crippen molar-refractivity contribution in [3.05, 3.63) is 57.8 Å². The van der Waals surface area contributed by atoms with Gasteiger partial charge in [-0.05, 0) is 30.3 Å². The SMILES string of the molecule is O=C(CC(=O)Nc1ccc(F)c(F)c1F)Nc1cc(Cl)ccc1Cl. The van der Waals surface area contributed by atoms with Crippen molar-refractivity contribution in [2.75, 3.05) is 10.6 Å². The minimum Gasteiger partial charge on any atom is -0.324 e. The molecule has 0 aliphatic rings. The van der Waals surface area contributed by atoms with Crippen LogP contribution in [0.5, 0.6) is 0 Å². The van der Waals surface area contributed by atoms with E-state index in [-0.39, 0.29) is 10.7 Å². The highest BCUT2D eigenvalue weighted by atomic mass is 35.5. The predicted octanol–water partition coefficient (Wildman–Crippen LogP) is 4.38. The van der Waals surface area contributed by atoms with E-state index < -0.39 is 41.4 Å². The van der Waals surface area contributed by atoms with Crippen LogP contribution in [0.3, 0.4) is 0 Å². The molecule has 0 saturated carbocycles. The standard InChI is InChI=1S/C15H9Cl2F3N2O2/c16-7-1-2-8(17)11(5-7)22-13(24)6-12(23)21-10-4-3-9(18)14(19)15(10)20/h1-5H,6H2,(H,21,23)(H,22,24). The van der Waals surface area contributed by atoms with Gasteiger partial charge in [0.15, 0.2) is 17.5 Å². The van der Waals surface area contributed by atoms with Gasteiger partial charge in [0.2, 0.25) is 11.8 Å². The fourth-order valence-corrected chi connectivity index (χ4v) is 2.09. The first kappa shape index (κ1) is 18.1. The van der Waals surface area contributed by atoms with Crippen LogP contribution in [0, 0.1) is 17.5 Å². The highest BCUT2D eigenvalue weighted by Crippen LogP contribution is 2.25. The van der Waals surface area contributed by atoms with Crippen molar-refractivity contribution in [1.29, 1.82) is 0 Å². The molecule has 4 nitrogen and oxygen atoms in total. The first-order valence-corrected chi connectivity index (χ1v) is 7.21. The summed E-state index contributed by atoms with van der Waals surface area (Å²) in [6.45, 7) is 0. The van der Waals surface area contributed by atoms with Crippen LogP contribution in [-0.4, -0.2) is 11.8 Å². The zero-order chi connectivity index (χ0) is 17.9. The number of hydrogen-bond donors (Lipinski definition) is 2. The van der Waals surface area contributed by atoms with Crippen LogP contribution in [0.1, 0.15) is 6.42 Å². The second-order valence-corrected chi connectivity index (χ2v) is 5.46. The number of nitrogens with one attached hydrogen (secondary N) is 2. The Morgan fingerprint density at radius 3 is 2.17 bits per heavy atom. The molecule has 0 atom stereocenters. The number of carbonyl (C=O) groups is 2. The Labute approximate surface area is 144 Å². The van der Waals surface area contributed by atoms with Gasteiger partial charge in [0.05, 0.1) is 16.4 Å². The van der Waals surface area contributed by atoms with Crippen molar-refractivity contribution in [1.82, 2.24) is 0 Å². The average molecular weight is 377 g/mol. The van der Waals surface area contributed by atoms with E-state index in [1.807, 2.05) is 5.32 Å². The van der Waals surface area contributed by atoms with E-state index in [9.17, 15) is 22.8 Å². The highest BCUT2D eigenvalue weighted by molar-refractivity contribution is 6.35. The lowest BCUT2D eigenvalue weighted by molar-refractivity contribution is -0.123. The van der Waals surface area contributed by atoms with Crippen molar-refractivity contribution >= 4 is 46.4 Å². The third kappa shape index (κ3) is 4.39. The third-order valence-electron chi connectivity index (χ3n) is 2.83. The van der Waals surface area contributed by atoms with Gasteiger partial charge in [-0.25, -0.2) is 13.2 Å². The number of benzene rings is 2. The molecule has 0 fully saturated rings. The molecule has 126 valence electrons. The summed E-state index contributed by atoms with van der Waals surface area (Å²) < 4.78 is 39.3. The molecule has 0 bridgehead atoms. The van der Waals surface area contributed by atoms with Crippen molar-refractivity contribution < 1.29 is 22.8 Å². The maximum absolute atomic E-state index is 13.4. The molecule has 2 N–H and O–H groups in total. The van der Waals surface area contributed by atoms with Gasteiger partial charge in [0.25, 0.3) is 0 Å². The molecule has 9 heteroatoms. The molecule has 0 unspecified atom stereocenters. The molecule has 0 aromatic heterocycles. The number of carbonyl (C=O) groups excluding carboxylic acids is 2. The summed E-state index contributed by atoms with van der Waals surface area (Å²) in [6, 6.07) is 5.85. The van der Waals surface area contributed by atoms with Gasteiger partial charge in [-0.2, -0.15) is 0 Å². The number of hydrogen-bond acceptors (Lipinski definition) is 2. The lowest BCUT2D eigenvalue weighted by Crippen LogP contribution is -2.22. The van der Waals surface area contributed by atoms with Gasteiger partial charge in [-0.15, -0.1) is 0 Å². The second kappa shape index (κ2) is 7.55. The minimum atomic E-state index is -1.72. The Hall–Kier alpha value is -2.25. The fourth-order valence-electron chi connectivity index (χ4n) is 1.75. The summed E-state index contributed by atoms with van der Waals surface area (Å²) in [5.74, 6) is -6.33. The highest BCUT2D eigenvalue weighted by Gasteiger charge is 2.17. The Bertz CT molecular complexity index is 816. The molecular formula is C15H9Cl2F3N2O2. The van der Waals surface area contributed by atoms with Crippen molar-refractivity contribution in [2.45, 2.75) is 6.42 Å². The monoisotopic (exact) mass is 376 g/mol. The van der Waals surface area contributed by atoms with Crippen LogP contribution in [0.15, 0.2) is 30.3 Å². The zero-order valence-corrected chi connectivity index (χ0v) is 13.3. The van der Waals surface area contributed by atoms with Crippen LogP contribution < -0.4 is 10.6 Å². The second-order valence-electron chi connectivity index (χ2n) is 4.62. The number of anilines is 2. The fraction of sp³-hybridized carbons (Fsp3) is 0.0667. The molecule has 0 spiro atoms. The number of halogens is 5. The zero-order valence-electron chi connectivity index (χ0n) is 11.8. The molecular weight excluding hydrogens is 368 g/mol. The topological polar surface area (TPSA) is 58.2 Å². The lowest BCUT2D eigenvalue weighted by Gasteiger charge is -2.09. The van der Waals surface area contributed by atoms with Crippen molar-refractivity contribution in [2.24, 2.45) is 0 Å². The average Bonchev–Trinajstić information content (AvgIpc) is 2.51. The molecule has 2 aromatic rings. The number of amides is 2. The van der Waals surface area contributed by atoms with Gasteiger partial charge in [-0.1, -0.05) is 23.2 Å². The first-order chi connectivity index (χ1) is 11.3. The van der Waals surface area contributed by atoms with E-state index in [2.05, 4.69) is 5.32 Å². The van der Waals surface area contributed by atoms with Crippen LogP contribution in [0.2, 0.25) is 10.0 Å². The normalized spacial score (nSPS) is 10.4. The van der Waals surface area contributed by atoms with Gasteiger partial charge in [0, 0.05) is 5.02 Å². The Balaban J connectivity index is 2.01. The summed E-state index contributed by atoms with van der Waals surface area (Å²) in [5.41, 5.74) is -0.381. The van der Waals surface area contributed by atoms with Crippen molar-refractivity contribution in [3.8, 4) is 0 Å². The molecule has 2 amide bonds. The summed E-state index contributed by atoms with van der Waals surface area (Å²) in [5, 5.41) is 4.87. The Kier molecular flexibility index (Phi) is 5.69. The van der Waals surface area contributed by atoms with E-state index in [1.54, 1.807) is 0 Å². The Morgan fingerprint density at radius 2 is 1.50 bits per heavy atom. The van der Waals surface area contributed by atoms with E-state index in [1.165, 1.54) is 18.2 Å². The predicted molar refractivity (Wildman–Crippen MR) is 84.7 cm³/mol. The summed E-state index contributed by atoms with van der Waals surface area (Å²) in [6.07, 6.45) is -0.693. The van der Waals surface area contributed by atoms with Crippen LogP contribution in [-0.2, 0) is 9.59 Å². The molecule has 0 saturated heterocycles. The number of rotatable bonds is 4. The maximum atomic E-state index is 13.4. The minimum absolute atomic E-state index is 0.195. The summed E-state index contributed by atoms with van der Waals surface area (Å²) in [4.78, 5) is 23.5. The first-order valence-electron chi connectivity index (χ1n) is 6.46. The van der Waals surface area contributed by atoms with Crippen molar-refractivity contribution in [3.63, 3.8) is 0 Å². The van der Waals surface area contributed by atoms with E-state index in [0.29, 0.717) is 11.1 Å². The van der Waals surface area contributed by atoms with Gasteiger partial charge in [-0.3, -0.25) is 9.59 Å². The molecule has 0 aliphatic heterocycles. The molecule has 2 rings (SSSR count). The maximum Gasteiger partial charge on any atom is 0.233 e. The van der Waals surface area contributed by atoms with Crippen LogP contribution in [0.25, 0.3) is 0 Å². The van der Waals surface area contributed by atoms with E-state index >= 15 is 0 Å². The summed E-state index contributed by atoms with van der Waals surface area (Å²) in [7, 11) is 0. The molecule has 0 aliphatic carbocycles. The smallest absolute Gasteiger partial charge is 0.233 e. The van der Waals surface area contributed by atoms with Crippen LogP contribution >= 0.6 is 23.2 Å². The summed E-state index contributed by atoms with van der Waals surface area (Å²) >= 11 is 11.6. The molecule has 2 aromatic carbocycles. The lowest BCUT2D eigenvalue weighted by atomic mass is 10.2. The van der Waals surface area contributed by atoms with Crippen LogP contribution in [0.4, 0.5) is 24.5 Å². The molecule has 24 heavy (non-hydrogen) atoms. The molecule has 0 radical (unpaired) electrons. The van der Waals surface area contributed by atoms with Gasteiger partial charge >= 0.3 is 0 Å². The largest absolute Gasteiger partial charge is 0.324 e. The van der Waals surface area contributed by atoms with E-state index in [0.717, 1.165) is 6.07 Å². The van der Waals surface area contributed by atoms with Gasteiger partial charge in [0.1, 0.15) is 6.42 Å². The third-order valence-corrected chi connectivity index (χ3v) is 3.40. The van der Waals surface area contributed by atoms with E-state index in [4.69, 9.17) is 23.2 Å². The Morgan fingerprint density at radius 1 is 0.875 bits per heavy atom. The van der Waals surface area contributed by atoms with Gasteiger partial charge < -0.3 is 10.6 Å². The quantitative estimate of drug-likeness (QED) is 0.614.